The van der Waals surface area contributed by atoms with Crippen LogP contribution in [0.2, 0.25) is 0 Å². The minimum Gasteiger partial charge on any atom is -0.454 e. The maximum atomic E-state index is 12.0. The molecule has 2 heterocycles. The van der Waals surface area contributed by atoms with Crippen LogP contribution in [0, 0.1) is 0 Å². The van der Waals surface area contributed by atoms with Crippen molar-refractivity contribution >= 4 is 5.97 Å². The summed E-state index contributed by atoms with van der Waals surface area (Å²) in [5.74, 6) is -0.731. The van der Waals surface area contributed by atoms with E-state index >= 15 is 0 Å². The smallest absolute Gasteiger partial charge is 0.378 e. The van der Waals surface area contributed by atoms with Crippen LogP contribution in [0.1, 0.15) is 36.9 Å². The van der Waals surface area contributed by atoms with Crippen LogP contribution >= 0.6 is 0 Å². The topological polar surface area (TPSA) is 85.5 Å². The molecule has 0 saturated heterocycles. The molecule has 0 aliphatic heterocycles. The molecule has 0 unspecified atom stereocenters. The van der Waals surface area contributed by atoms with Crippen molar-refractivity contribution in [2.45, 2.75) is 33.0 Å². The van der Waals surface area contributed by atoms with Crippen molar-refractivity contribution in [2.24, 2.45) is 0 Å². The van der Waals surface area contributed by atoms with Crippen molar-refractivity contribution in [1.82, 2.24) is 10.1 Å². The molecule has 106 valence electrons. The molecule has 0 atom stereocenters. The average molecular weight is 276 g/mol. The molecule has 2 rings (SSSR count). The Morgan fingerprint density at radius 1 is 1.45 bits per heavy atom. The first-order valence-electron chi connectivity index (χ1n) is 6.15. The summed E-state index contributed by atoms with van der Waals surface area (Å²) in [4.78, 5) is 16.0. The number of aliphatic hydroxyl groups is 1. The number of hydrogen-bond acceptors (Lipinski definition) is 6. The van der Waals surface area contributed by atoms with E-state index in [2.05, 4.69) is 10.1 Å². The monoisotopic (exact) mass is 276 g/mol. The fourth-order valence-corrected chi connectivity index (χ4v) is 1.67. The van der Waals surface area contributed by atoms with Crippen molar-refractivity contribution in [1.29, 1.82) is 0 Å². The van der Waals surface area contributed by atoms with E-state index in [0.29, 0.717) is 16.8 Å². The lowest BCUT2D eigenvalue weighted by molar-refractivity contribution is 0.00240. The minimum atomic E-state index is -0.649. The van der Waals surface area contributed by atoms with Gasteiger partial charge < -0.3 is 14.4 Å². The Morgan fingerprint density at radius 3 is 2.75 bits per heavy atom. The van der Waals surface area contributed by atoms with Gasteiger partial charge in [0.2, 0.25) is 5.76 Å². The normalized spacial score (nSPS) is 11.4. The predicted octanol–water partition coefficient (Wildman–Crippen LogP) is 2.18. The van der Waals surface area contributed by atoms with Gasteiger partial charge in [0.25, 0.3) is 0 Å². The van der Waals surface area contributed by atoms with Crippen LogP contribution in [0.3, 0.4) is 0 Å². The zero-order valence-corrected chi connectivity index (χ0v) is 11.6. The molecule has 0 bridgehead atoms. The third kappa shape index (κ3) is 3.03. The van der Waals surface area contributed by atoms with Crippen molar-refractivity contribution in [2.75, 3.05) is 0 Å². The minimum absolute atomic E-state index is 0.0821. The van der Waals surface area contributed by atoms with Gasteiger partial charge in [-0.25, -0.2) is 4.79 Å². The molecule has 0 radical (unpaired) electrons. The number of nitrogens with zero attached hydrogens (tertiary/aromatic N) is 2. The lowest BCUT2D eigenvalue weighted by Crippen LogP contribution is -2.24. The molecule has 1 N–H and O–H groups in total. The Bertz CT molecular complexity index is 599. The summed E-state index contributed by atoms with van der Waals surface area (Å²) in [5, 5.41) is 13.3. The molecule has 0 saturated carbocycles. The van der Waals surface area contributed by atoms with Crippen LogP contribution < -0.4 is 0 Å². The molecule has 0 aliphatic carbocycles. The number of ether oxygens (including phenoxy) is 1. The summed E-state index contributed by atoms with van der Waals surface area (Å²) in [5.41, 5.74) is 0.703. The molecule has 0 aromatic carbocycles. The number of carbonyl (C=O) groups is 1. The second kappa shape index (κ2) is 5.42. The number of hydrogen-bond donors (Lipinski definition) is 1. The number of aromatic nitrogens is 2. The zero-order chi connectivity index (χ0) is 14.8. The van der Waals surface area contributed by atoms with E-state index in [0.717, 1.165) is 0 Å². The van der Waals surface area contributed by atoms with Gasteiger partial charge in [-0.05, 0) is 32.9 Å². The molecule has 20 heavy (non-hydrogen) atoms. The Balaban J connectivity index is 2.38. The number of pyridine rings is 1. The van der Waals surface area contributed by atoms with Gasteiger partial charge >= 0.3 is 5.97 Å². The molecule has 6 heteroatoms. The highest BCUT2D eigenvalue weighted by Crippen LogP contribution is 2.26. The maximum Gasteiger partial charge on any atom is 0.378 e. The van der Waals surface area contributed by atoms with E-state index in [4.69, 9.17) is 9.26 Å². The summed E-state index contributed by atoms with van der Waals surface area (Å²) in [6.07, 6.45) is 3.20. The van der Waals surface area contributed by atoms with E-state index in [1.54, 1.807) is 45.3 Å². The van der Waals surface area contributed by atoms with Gasteiger partial charge in [0.05, 0.1) is 12.2 Å². The predicted molar refractivity (Wildman–Crippen MR) is 70.8 cm³/mol. The maximum absolute atomic E-state index is 12.0. The largest absolute Gasteiger partial charge is 0.454 e. The van der Waals surface area contributed by atoms with Crippen LogP contribution in [-0.4, -0.2) is 26.8 Å². The SMILES string of the molecule is CC(C)(C)OC(=O)c1onc(-c2cccnc2)c1CO. The number of rotatable bonds is 3. The summed E-state index contributed by atoms with van der Waals surface area (Å²) in [6, 6.07) is 3.50. The Hall–Kier alpha value is -2.21. The van der Waals surface area contributed by atoms with E-state index < -0.39 is 11.6 Å². The molecular formula is C14H16N2O4. The Labute approximate surface area is 116 Å². The van der Waals surface area contributed by atoms with Crippen LogP contribution in [0.4, 0.5) is 0 Å². The fraction of sp³-hybridized carbons (Fsp3) is 0.357. The van der Waals surface area contributed by atoms with Crippen molar-refractivity contribution in [3.05, 3.63) is 35.9 Å². The quantitative estimate of drug-likeness (QED) is 0.865. The van der Waals surface area contributed by atoms with Crippen molar-refractivity contribution < 1.29 is 19.2 Å². The fourth-order valence-electron chi connectivity index (χ4n) is 1.67. The number of esters is 1. The molecule has 2 aromatic rings. The van der Waals surface area contributed by atoms with E-state index in [1.165, 1.54) is 0 Å². The number of aliphatic hydroxyl groups excluding tert-OH is 1. The van der Waals surface area contributed by atoms with Crippen LogP contribution in [-0.2, 0) is 11.3 Å². The highest BCUT2D eigenvalue weighted by molar-refractivity contribution is 5.90. The second-order valence-corrected chi connectivity index (χ2v) is 5.24. The first-order chi connectivity index (χ1) is 9.42. The van der Waals surface area contributed by atoms with Gasteiger partial charge in [0, 0.05) is 18.0 Å². The first kappa shape index (κ1) is 14.2. The molecule has 0 fully saturated rings. The summed E-state index contributed by atoms with van der Waals surface area (Å²) in [7, 11) is 0. The first-order valence-corrected chi connectivity index (χ1v) is 6.15. The van der Waals surface area contributed by atoms with Gasteiger partial charge in [-0.15, -0.1) is 0 Å². The van der Waals surface area contributed by atoms with Crippen molar-refractivity contribution in [3.8, 4) is 11.3 Å². The third-order valence-corrected chi connectivity index (χ3v) is 2.47. The van der Waals surface area contributed by atoms with Crippen LogP contribution in [0.5, 0.6) is 0 Å². The summed E-state index contributed by atoms with van der Waals surface area (Å²) >= 11 is 0. The van der Waals surface area contributed by atoms with Crippen LogP contribution in [0.15, 0.2) is 29.0 Å². The van der Waals surface area contributed by atoms with Gasteiger partial charge in [0.15, 0.2) is 0 Å². The van der Waals surface area contributed by atoms with E-state index in [1.807, 2.05) is 0 Å². The highest BCUT2D eigenvalue weighted by Gasteiger charge is 2.27. The van der Waals surface area contributed by atoms with Gasteiger partial charge in [-0.3, -0.25) is 4.98 Å². The molecule has 6 nitrogen and oxygen atoms in total. The van der Waals surface area contributed by atoms with E-state index in [-0.39, 0.29) is 12.4 Å². The highest BCUT2D eigenvalue weighted by atomic mass is 16.6. The Kier molecular flexibility index (Phi) is 3.85. The van der Waals surface area contributed by atoms with Gasteiger partial charge in [-0.1, -0.05) is 5.16 Å². The van der Waals surface area contributed by atoms with Gasteiger partial charge in [0.1, 0.15) is 11.3 Å². The lowest BCUT2D eigenvalue weighted by Gasteiger charge is -2.18. The lowest BCUT2D eigenvalue weighted by atomic mass is 10.1. The zero-order valence-electron chi connectivity index (χ0n) is 11.6. The van der Waals surface area contributed by atoms with E-state index in [9.17, 15) is 9.90 Å². The summed E-state index contributed by atoms with van der Waals surface area (Å²) < 4.78 is 10.3. The number of carbonyl (C=O) groups excluding carboxylic acids is 1. The molecular weight excluding hydrogens is 260 g/mol. The average Bonchev–Trinajstić information content (AvgIpc) is 2.81. The second-order valence-electron chi connectivity index (χ2n) is 5.24. The van der Waals surface area contributed by atoms with Gasteiger partial charge in [-0.2, -0.15) is 0 Å². The third-order valence-electron chi connectivity index (χ3n) is 2.47. The molecule has 0 amide bonds. The molecule has 2 aromatic heterocycles. The Morgan fingerprint density at radius 2 is 2.20 bits per heavy atom. The van der Waals surface area contributed by atoms with Crippen molar-refractivity contribution in [3.63, 3.8) is 0 Å². The standard InChI is InChI=1S/C14H16N2O4/c1-14(2,3)19-13(18)12-10(8-17)11(16-20-12)9-5-4-6-15-7-9/h4-7,17H,8H2,1-3H3. The molecule has 0 aliphatic rings. The summed E-state index contributed by atoms with van der Waals surface area (Å²) in [6.45, 7) is 4.88. The van der Waals surface area contributed by atoms with Crippen LogP contribution in [0.25, 0.3) is 11.3 Å². The molecule has 0 spiro atoms.